The van der Waals surface area contributed by atoms with Crippen molar-refractivity contribution in [3.8, 4) is 0 Å². The topological polar surface area (TPSA) is 165 Å². The van der Waals surface area contributed by atoms with E-state index in [-0.39, 0.29) is 29.1 Å². The zero-order valence-corrected chi connectivity index (χ0v) is 13.5. The smallest absolute Gasteiger partial charge is 0.324 e. The molecule has 130 valence electrons. The lowest BCUT2D eigenvalue weighted by molar-refractivity contribution is -0.736. The fourth-order valence-electron chi connectivity index (χ4n) is 2.14. The molecule has 0 fully saturated rings. The molecule has 0 spiro atoms. The molecule has 2 aromatic rings. The highest BCUT2D eigenvalue weighted by molar-refractivity contribution is 7.51. The summed E-state index contributed by atoms with van der Waals surface area (Å²) in [6.45, 7) is 0.177. The van der Waals surface area contributed by atoms with Gasteiger partial charge < -0.3 is 25.1 Å². The highest BCUT2D eigenvalue weighted by Crippen LogP contribution is 2.31. The summed E-state index contributed by atoms with van der Waals surface area (Å²) >= 11 is 0. The van der Waals surface area contributed by atoms with Crippen LogP contribution in [0.3, 0.4) is 0 Å². The fraction of sp³-hybridized carbons (Fsp3) is 0.333. The Morgan fingerprint density at radius 2 is 1.92 bits per heavy atom. The van der Waals surface area contributed by atoms with Gasteiger partial charge in [-0.1, -0.05) is 0 Å². The predicted molar refractivity (Wildman–Crippen MR) is 84.1 cm³/mol. The van der Waals surface area contributed by atoms with Gasteiger partial charge in [0.15, 0.2) is 7.11 Å². The van der Waals surface area contributed by atoms with Crippen molar-refractivity contribution < 1.29 is 24.1 Å². The molecule has 0 amide bonds. The number of aromatic amines is 2. The summed E-state index contributed by atoms with van der Waals surface area (Å²) in [5, 5.41) is 2.58. The van der Waals surface area contributed by atoms with E-state index in [1.54, 1.807) is 0 Å². The van der Waals surface area contributed by atoms with Gasteiger partial charge in [-0.3, -0.25) is 14.2 Å². The second-order valence-corrected chi connectivity index (χ2v) is 6.59. The summed E-state index contributed by atoms with van der Waals surface area (Å²) in [4.78, 5) is 61.8. The first-order chi connectivity index (χ1) is 11.2. The molecule has 0 bridgehead atoms. The van der Waals surface area contributed by atoms with Crippen LogP contribution in [0.5, 0.6) is 0 Å². The largest absolute Gasteiger partial charge is 0.339 e. The van der Waals surface area contributed by atoms with Crippen LogP contribution in [0.2, 0.25) is 0 Å². The van der Waals surface area contributed by atoms with Gasteiger partial charge in [0.1, 0.15) is 0 Å². The number of hydrogen-bond acceptors (Lipinski definition) is 6. The summed E-state index contributed by atoms with van der Waals surface area (Å²) < 4.78 is 10.8. The third-order valence-electron chi connectivity index (χ3n) is 3.16. The number of rotatable bonds is 7. The summed E-state index contributed by atoms with van der Waals surface area (Å²) in [5.74, 6) is 0. The Kier molecular flexibility index (Phi) is 5.30. The van der Waals surface area contributed by atoms with Gasteiger partial charge in [-0.05, 0) is 18.5 Å². The van der Waals surface area contributed by atoms with E-state index in [9.17, 15) is 19.1 Å². The van der Waals surface area contributed by atoms with Gasteiger partial charge in [0.25, 0.3) is 4.92 Å². The minimum atomic E-state index is -4.17. The molecule has 2 rings (SSSR count). The lowest BCUT2D eigenvalue weighted by atomic mass is 10.1. The molecular formula is C12H16N4O7P+. The highest BCUT2D eigenvalue weighted by atomic mass is 31.2. The summed E-state index contributed by atoms with van der Waals surface area (Å²) in [5.41, 5.74) is -0.555. The van der Waals surface area contributed by atoms with Crippen LogP contribution >= 0.6 is 7.60 Å². The maximum atomic E-state index is 11.6. The standard InChI is InChI=1S/C12H15N4O7P/c1-23-16(19)8-4-7(2-3-13-6-24(20,21)22)10-9(5-8)14-11(17)12(18)15-10/h4-5,13H,2-3,6H2,1H3,(H3-,14,15,17,18,19,20,21,22)/p+1. The van der Waals surface area contributed by atoms with E-state index in [1.165, 1.54) is 19.2 Å². The van der Waals surface area contributed by atoms with Crippen LogP contribution in [0.1, 0.15) is 5.56 Å². The van der Waals surface area contributed by atoms with Crippen molar-refractivity contribution >= 4 is 24.3 Å². The molecule has 1 heterocycles. The van der Waals surface area contributed by atoms with E-state index in [4.69, 9.17) is 9.79 Å². The number of nitrogens with one attached hydrogen (secondary N) is 3. The Hall–Kier alpha value is -2.33. The van der Waals surface area contributed by atoms with E-state index in [0.29, 0.717) is 11.1 Å². The van der Waals surface area contributed by atoms with Crippen LogP contribution in [-0.4, -0.2) is 44.6 Å². The summed E-state index contributed by atoms with van der Waals surface area (Å²) in [6.07, 6.45) is -0.256. The maximum absolute atomic E-state index is 11.6. The first-order valence-corrected chi connectivity index (χ1v) is 8.57. The van der Waals surface area contributed by atoms with E-state index in [1.807, 2.05) is 0 Å². The molecule has 11 nitrogen and oxygen atoms in total. The second kappa shape index (κ2) is 7.05. The molecule has 0 atom stereocenters. The molecule has 5 N–H and O–H groups in total. The normalized spacial score (nSPS) is 11.6. The number of benzene rings is 1. The zero-order chi connectivity index (χ0) is 17.9. The van der Waals surface area contributed by atoms with Crippen LogP contribution < -0.4 is 16.4 Å². The van der Waals surface area contributed by atoms with E-state index < -0.39 is 25.0 Å². The number of hydrogen-bond donors (Lipinski definition) is 5. The van der Waals surface area contributed by atoms with Crippen LogP contribution in [0.4, 0.5) is 5.69 Å². The Morgan fingerprint density at radius 3 is 2.54 bits per heavy atom. The average Bonchev–Trinajstić information content (AvgIpc) is 2.51. The first-order valence-electron chi connectivity index (χ1n) is 6.77. The minimum Gasteiger partial charge on any atom is -0.324 e. The van der Waals surface area contributed by atoms with E-state index >= 15 is 0 Å². The Balaban J connectivity index is 2.39. The van der Waals surface area contributed by atoms with E-state index in [0.717, 1.165) is 0 Å². The van der Waals surface area contributed by atoms with Gasteiger partial charge in [-0.2, -0.15) is 0 Å². The number of H-pyrrole nitrogens is 2. The van der Waals surface area contributed by atoms with Crippen LogP contribution in [0, 0.1) is 4.91 Å². The van der Waals surface area contributed by atoms with Crippen molar-refractivity contribution in [1.29, 1.82) is 0 Å². The van der Waals surface area contributed by atoms with Gasteiger partial charge in [0.2, 0.25) is 0 Å². The van der Waals surface area contributed by atoms with E-state index in [2.05, 4.69) is 20.1 Å². The predicted octanol–water partition coefficient (Wildman–Crippen LogP) is -0.545. The molecule has 24 heavy (non-hydrogen) atoms. The minimum absolute atomic E-state index is 0.0951. The van der Waals surface area contributed by atoms with Crippen molar-refractivity contribution in [1.82, 2.24) is 15.3 Å². The molecule has 0 aliphatic carbocycles. The molecule has 0 saturated heterocycles. The average molecular weight is 359 g/mol. The van der Waals surface area contributed by atoms with Crippen molar-refractivity contribution in [2.75, 3.05) is 19.9 Å². The van der Waals surface area contributed by atoms with Crippen molar-refractivity contribution in [3.63, 3.8) is 0 Å². The summed E-state index contributed by atoms with van der Waals surface area (Å²) in [6, 6.07) is 2.79. The molecule has 0 radical (unpaired) electrons. The molecule has 1 aromatic carbocycles. The molecule has 1 aromatic heterocycles. The van der Waals surface area contributed by atoms with Gasteiger partial charge in [0.05, 0.1) is 22.2 Å². The van der Waals surface area contributed by atoms with Crippen molar-refractivity contribution in [2.24, 2.45) is 0 Å². The van der Waals surface area contributed by atoms with Gasteiger partial charge in [-0.25, -0.2) is 4.84 Å². The Labute approximate surface area is 134 Å². The SMILES string of the molecule is CO[N+](=O)c1cc(CCNCP(=O)(O)O)c2[nH]c(=O)c(=O)[nH]c2c1. The highest BCUT2D eigenvalue weighted by Gasteiger charge is 2.19. The lowest BCUT2D eigenvalue weighted by Gasteiger charge is -2.08. The third-order valence-corrected chi connectivity index (χ3v) is 3.80. The molecule has 0 unspecified atom stereocenters. The van der Waals surface area contributed by atoms with Crippen LogP contribution in [0.15, 0.2) is 21.7 Å². The van der Waals surface area contributed by atoms with Crippen LogP contribution in [-0.2, 0) is 15.8 Å². The van der Waals surface area contributed by atoms with Gasteiger partial charge in [-0.15, -0.1) is 0 Å². The van der Waals surface area contributed by atoms with Crippen molar-refractivity contribution in [2.45, 2.75) is 6.42 Å². The maximum Gasteiger partial charge on any atom is 0.339 e. The number of nitrogens with zero attached hydrogens (tertiary/aromatic N) is 1. The molecule has 0 aliphatic heterocycles. The summed E-state index contributed by atoms with van der Waals surface area (Å²) in [7, 11) is -3.00. The lowest BCUT2D eigenvalue weighted by Crippen LogP contribution is -2.29. The fourth-order valence-corrected chi connectivity index (χ4v) is 2.59. The second-order valence-electron chi connectivity index (χ2n) is 4.95. The number of fused-ring (bicyclic) bond motifs is 1. The van der Waals surface area contributed by atoms with Crippen molar-refractivity contribution in [3.05, 3.63) is 43.3 Å². The molecule has 12 heteroatoms. The van der Waals surface area contributed by atoms with Gasteiger partial charge in [0, 0.05) is 12.1 Å². The molecular weight excluding hydrogens is 343 g/mol. The third kappa shape index (κ3) is 4.36. The van der Waals surface area contributed by atoms with Gasteiger partial charge >= 0.3 is 24.4 Å². The zero-order valence-electron chi connectivity index (χ0n) is 12.6. The molecule has 0 saturated carbocycles. The van der Waals surface area contributed by atoms with Crippen LogP contribution in [0.25, 0.3) is 11.0 Å². The Morgan fingerprint density at radius 1 is 1.25 bits per heavy atom. The Bertz CT molecular complexity index is 929. The molecule has 0 aliphatic rings. The first kappa shape index (κ1) is 18.0. The quantitative estimate of drug-likeness (QED) is 0.190. The monoisotopic (exact) mass is 359 g/mol. The number of aromatic nitrogens is 2.